The molecule has 0 aliphatic carbocycles. The normalized spacial score (nSPS) is 11.6. The molecule has 0 saturated heterocycles. The molecule has 0 saturated carbocycles. The third kappa shape index (κ3) is 5.64. The molecule has 8 aromatic rings. The lowest BCUT2D eigenvalue weighted by molar-refractivity contribution is 0.539. The predicted molar refractivity (Wildman–Crippen MR) is 205 cm³/mol. The molecule has 3 nitrogen and oxygen atoms in total. The molecule has 0 bridgehead atoms. The summed E-state index contributed by atoms with van der Waals surface area (Å²) >= 11 is 0. The Labute approximate surface area is 288 Å². The highest BCUT2D eigenvalue weighted by molar-refractivity contribution is 5.96. The number of hydrogen-bond acceptors (Lipinski definition) is 2. The second-order valence-electron chi connectivity index (χ2n) is 13.4. The largest absolute Gasteiger partial charge is 0.295 e. The molecule has 0 spiro atoms. The van der Waals surface area contributed by atoms with Gasteiger partial charge in [-0.2, -0.15) is 0 Å². The smallest absolute Gasteiger partial charge is 0.119 e. The Kier molecular flexibility index (Phi) is 7.74. The van der Waals surface area contributed by atoms with Gasteiger partial charge in [-0.25, -0.2) is 9.97 Å². The van der Waals surface area contributed by atoms with Gasteiger partial charge in [0.05, 0.1) is 28.1 Å². The molecule has 0 N–H and O–H groups in total. The van der Waals surface area contributed by atoms with Crippen molar-refractivity contribution in [2.75, 3.05) is 0 Å². The summed E-state index contributed by atoms with van der Waals surface area (Å²) in [5.74, 6) is 1.03. The number of nitrogens with zero attached hydrogens (tertiary/aromatic N) is 3. The van der Waals surface area contributed by atoms with Gasteiger partial charge in [-0.05, 0) is 52.6 Å². The van der Waals surface area contributed by atoms with Crippen LogP contribution in [0.3, 0.4) is 0 Å². The highest BCUT2D eigenvalue weighted by atomic mass is 15.1. The molecule has 49 heavy (non-hydrogen) atoms. The number of pyridine rings is 1. The third-order valence-corrected chi connectivity index (χ3v) is 9.12. The van der Waals surface area contributed by atoms with E-state index in [0.717, 1.165) is 78.4 Å². The maximum atomic E-state index is 5.45. The highest BCUT2D eigenvalue weighted by Gasteiger charge is 2.26. The molecule has 2 aromatic heterocycles. The minimum Gasteiger partial charge on any atom is -0.295 e. The summed E-state index contributed by atoms with van der Waals surface area (Å²) in [6.07, 6.45) is 0. The molecule has 3 heteroatoms. The van der Waals surface area contributed by atoms with Crippen LogP contribution < -0.4 is 0 Å². The average molecular weight is 632 g/mol. The van der Waals surface area contributed by atoms with Crippen molar-refractivity contribution in [2.45, 2.75) is 26.2 Å². The zero-order chi connectivity index (χ0) is 33.4. The second kappa shape index (κ2) is 12.5. The second-order valence-corrected chi connectivity index (χ2v) is 13.4. The fourth-order valence-corrected chi connectivity index (χ4v) is 6.83. The first-order chi connectivity index (χ1) is 24.0. The van der Waals surface area contributed by atoms with Gasteiger partial charge in [0.1, 0.15) is 5.82 Å². The summed E-state index contributed by atoms with van der Waals surface area (Å²) in [7, 11) is 0. The molecule has 0 radical (unpaired) electrons. The number of rotatable bonds is 6. The monoisotopic (exact) mass is 631 g/mol. The molecule has 0 amide bonds. The standard InChI is InChI=1S/C46H37N3/c1-46(2,3)45-48-41-27-15-17-29-43(41)49(45)42-28-16-14-25-37(42)35-23-11-12-24-36(35)39-30-31-40(33-20-8-5-9-21-33)47-44(39)38-26-13-10-22-34(38)32-18-6-4-7-19-32/h4-31H,1-3H3. The van der Waals surface area contributed by atoms with Crippen LogP contribution in [-0.4, -0.2) is 14.5 Å². The van der Waals surface area contributed by atoms with Gasteiger partial charge in [-0.1, -0.05) is 160 Å². The molecule has 0 atom stereocenters. The number of para-hydroxylation sites is 3. The van der Waals surface area contributed by atoms with Crippen molar-refractivity contribution in [1.82, 2.24) is 14.5 Å². The summed E-state index contributed by atoms with van der Waals surface area (Å²) in [6, 6.07) is 60.0. The molecular formula is C46H37N3. The molecule has 0 aliphatic rings. The summed E-state index contributed by atoms with van der Waals surface area (Å²) in [5.41, 5.74) is 13.9. The molecular weight excluding hydrogens is 595 g/mol. The molecule has 2 heterocycles. The van der Waals surface area contributed by atoms with Gasteiger partial charge in [0.15, 0.2) is 0 Å². The van der Waals surface area contributed by atoms with E-state index in [-0.39, 0.29) is 5.41 Å². The minimum atomic E-state index is -0.169. The van der Waals surface area contributed by atoms with Crippen molar-refractivity contribution < 1.29 is 0 Å². The van der Waals surface area contributed by atoms with E-state index in [4.69, 9.17) is 9.97 Å². The maximum absolute atomic E-state index is 5.45. The van der Waals surface area contributed by atoms with Crippen LogP contribution in [0.4, 0.5) is 0 Å². The van der Waals surface area contributed by atoms with Crippen LogP contribution >= 0.6 is 0 Å². The lowest BCUT2D eigenvalue weighted by Crippen LogP contribution is -2.18. The van der Waals surface area contributed by atoms with Crippen LogP contribution in [0.2, 0.25) is 0 Å². The van der Waals surface area contributed by atoms with Crippen molar-refractivity contribution in [3.63, 3.8) is 0 Å². The van der Waals surface area contributed by atoms with Crippen molar-refractivity contribution in [2.24, 2.45) is 0 Å². The van der Waals surface area contributed by atoms with E-state index >= 15 is 0 Å². The van der Waals surface area contributed by atoms with Crippen molar-refractivity contribution >= 4 is 11.0 Å². The van der Waals surface area contributed by atoms with Gasteiger partial charge < -0.3 is 0 Å². The Morgan fingerprint density at radius 3 is 1.63 bits per heavy atom. The SMILES string of the molecule is CC(C)(C)c1nc2ccccc2n1-c1ccccc1-c1ccccc1-c1ccc(-c2ccccc2)nc1-c1ccccc1-c1ccccc1. The summed E-state index contributed by atoms with van der Waals surface area (Å²) in [5, 5.41) is 0. The van der Waals surface area contributed by atoms with E-state index in [0.29, 0.717) is 0 Å². The summed E-state index contributed by atoms with van der Waals surface area (Å²) in [4.78, 5) is 10.6. The fourth-order valence-electron chi connectivity index (χ4n) is 6.83. The maximum Gasteiger partial charge on any atom is 0.119 e. The zero-order valence-electron chi connectivity index (χ0n) is 28.0. The van der Waals surface area contributed by atoms with E-state index in [1.807, 2.05) is 6.07 Å². The van der Waals surface area contributed by atoms with Gasteiger partial charge in [-0.3, -0.25) is 4.57 Å². The van der Waals surface area contributed by atoms with E-state index < -0.39 is 0 Å². The van der Waals surface area contributed by atoms with E-state index in [1.165, 1.54) is 0 Å². The number of benzene rings is 6. The lowest BCUT2D eigenvalue weighted by Gasteiger charge is -2.23. The zero-order valence-corrected chi connectivity index (χ0v) is 28.0. The lowest BCUT2D eigenvalue weighted by atomic mass is 9.88. The van der Waals surface area contributed by atoms with Crippen LogP contribution in [-0.2, 0) is 5.41 Å². The molecule has 0 unspecified atom stereocenters. The first-order valence-corrected chi connectivity index (χ1v) is 16.9. The topological polar surface area (TPSA) is 30.7 Å². The predicted octanol–water partition coefficient (Wildman–Crippen LogP) is 12.1. The number of fused-ring (bicyclic) bond motifs is 1. The highest BCUT2D eigenvalue weighted by Crippen LogP contribution is 2.43. The van der Waals surface area contributed by atoms with E-state index in [2.05, 4.69) is 189 Å². The van der Waals surface area contributed by atoms with Crippen molar-refractivity contribution in [3.05, 3.63) is 176 Å². The van der Waals surface area contributed by atoms with E-state index in [1.54, 1.807) is 0 Å². The third-order valence-electron chi connectivity index (χ3n) is 9.12. The number of imidazole rings is 1. The van der Waals surface area contributed by atoms with Crippen LogP contribution in [0.25, 0.3) is 72.6 Å². The number of hydrogen-bond donors (Lipinski definition) is 0. The van der Waals surface area contributed by atoms with Gasteiger partial charge in [-0.15, -0.1) is 0 Å². The Morgan fingerprint density at radius 2 is 0.939 bits per heavy atom. The van der Waals surface area contributed by atoms with Crippen LogP contribution in [0.1, 0.15) is 26.6 Å². The first kappa shape index (κ1) is 30.3. The van der Waals surface area contributed by atoms with Crippen molar-refractivity contribution in [1.29, 1.82) is 0 Å². The van der Waals surface area contributed by atoms with Gasteiger partial charge >= 0.3 is 0 Å². The molecule has 6 aromatic carbocycles. The molecule has 8 rings (SSSR count). The van der Waals surface area contributed by atoms with Crippen molar-refractivity contribution in [3.8, 4) is 61.6 Å². The quantitative estimate of drug-likeness (QED) is 0.183. The Bertz CT molecular complexity index is 2410. The molecule has 236 valence electrons. The Balaban J connectivity index is 1.39. The van der Waals surface area contributed by atoms with Crippen LogP contribution in [0.5, 0.6) is 0 Å². The Morgan fingerprint density at radius 1 is 0.408 bits per heavy atom. The van der Waals surface area contributed by atoms with Crippen LogP contribution in [0.15, 0.2) is 170 Å². The van der Waals surface area contributed by atoms with Gasteiger partial charge in [0.2, 0.25) is 0 Å². The Hall–Kier alpha value is -6.06. The van der Waals surface area contributed by atoms with Gasteiger partial charge in [0.25, 0.3) is 0 Å². The van der Waals surface area contributed by atoms with Gasteiger partial charge in [0, 0.05) is 27.7 Å². The fraction of sp³-hybridized carbons (Fsp3) is 0.0870. The number of aromatic nitrogens is 3. The van der Waals surface area contributed by atoms with E-state index in [9.17, 15) is 0 Å². The average Bonchev–Trinajstić information content (AvgIpc) is 3.56. The first-order valence-electron chi connectivity index (χ1n) is 16.9. The molecule has 0 fully saturated rings. The summed E-state index contributed by atoms with van der Waals surface area (Å²) < 4.78 is 2.35. The summed E-state index contributed by atoms with van der Waals surface area (Å²) in [6.45, 7) is 6.70. The minimum absolute atomic E-state index is 0.169. The molecule has 0 aliphatic heterocycles. The van der Waals surface area contributed by atoms with Crippen LogP contribution in [0, 0.1) is 0 Å².